The van der Waals surface area contributed by atoms with Crippen molar-refractivity contribution in [2.75, 3.05) is 5.32 Å². The molecule has 2 heterocycles. The summed E-state index contributed by atoms with van der Waals surface area (Å²) in [5.74, 6) is -0.0753. The quantitative estimate of drug-likeness (QED) is 0.737. The number of alkyl halides is 3. The Morgan fingerprint density at radius 3 is 2.59 bits per heavy atom. The third-order valence-electron chi connectivity index (χ3n) is 4.42. The standard InChI is InChI=1S/C20H21F3N4O2/c1-12-8-15(9-17(26-12)27-19(29)14-3-4-14)18(28)25-11-13-2-5-16(24-10-13)6-7-20(21,22)23/h2,5,8-10,14H,3-4,6-7,11H2,1H3,(H,25,28)(H,26,27,29). The number of nitrogens with zero attached hydrogens (tertiary/aromatic N) is 2. The van der Waals surface area contributed by atoms with Crippen LogP contribution in [0.3, 0.4) is 0 Å². The van der Waals surface area contributed by atoms with E-state index in [0.717, 1.165) is 12.8 Å². The van der Waals surface area contributed by atoms with E-state index in [1.54, 1.807) is 19.1 Å². The first kappa shape index (κ1) is 20.8. The number of anilines is 1. The molecule has 1 aliphatic carbocycles. The second-order valence-electron chi connectivity index (χ2n) is 7.10. The van der Waals surface area contributed by atoms with Crippen LogP contribution in [0.2, 0.25) is 0 Å². The summed E-state index contributed by atoms with van der Waals surface area (Å²) < 4.78 is 36.8. The molecular formula is C20H21F3N4O2. The van der Waals surface area contributed by atoms with Gasteiger partial charge >= 0.3 is 6.18 Å². The Hall–Kier alpha value is -2.97. The molecule has 0 aliphatic heterocycles. The molecule has 3 rings (SSSR count). The Morgan fingerprint density at radius 1 is 1.21 bits per heavy atom. The second kappa shape index (κ2) is 8.59. The number of pyridine rings is 2. The van der Waals surface area contributed by atoms with Gasteiger partial charge in [0.05, 0.1) is 0 Å². The van der Waals surface area contributed by atoms with E-state index in [1.165, 1.54) is 18.3 Å². The van der Waals surface area contributed by atoms with Gasteiger partial charge in [0, 0.05) is 42.0 Å². The van der Waals surface area contributed by atoms with E-state index in [0.29, 0.717) is 28.3 Å². The minimum absolute atomic E-state index is 0.0289. The van der Waals surface area contributed by atoms with Gasteiger partial charge in [-0.25, -0.2) is 4.98 Å². The van der Waals surface area contributed by atoms with Crippen molar-refractivity contribution in [1.29, 1.82) is 0 Å². The summed E-state index contributed by atoms with van der Waals surface area (Å²) in [6.45, 7) is 1.91. The molecule has 29 heavy (non-hydrogen) atoms. The van der Waals surface area contributed by atoms with E-state index in [2.05, 4.69) is 20.6 Å². The summed E-state index contributed by atoms with van der Waals surface area (Å²) in [6.07, 6.45) is -2.13. The zero-order valence-corrected chi connectivity index (χ0v) is 15.8. The van der Waals surface area contributed by atoms with Gasteiger partial charge in [-0.05, 0) is 49.9 Å². The number of rotatable bonds is 7. The molecule has 0 radical (unpaired) electrons. The number of hydrogen-bond acceptors (Lipinski definition) is 4. The Balaban J connectivity index is 1.56. The molecule has 1 saturated carbocycles. The minimum atomic E-state index is -4.21. The number of aromatic nitrogens is 2. The average Bonchev–Trinajstić information content (AvgIpc) is 3.49. The van der Waals surface area contributed by atoms with Crippen LogP contribution in [0.1, 0.15) is 46.6 Å². The van der Waals surface area contributed by atoms with Crippen molar-refractivity contribution < 1.29 is 22.8 Å². The van der Waals surface area contributed by atoms with Gasteiger partial charge in [-0.3, -0.25) is 14.6 Å². The lowest BCUT2D eigenvalue weighted by Gasteiger charge is -2.10. The van der Waals surface area contributed by atoms with E-state index in [1.807, 2.05) is 0 Å². The number of carbonyl (C=O) groups is 2. The maximum Gasteiger partial charge on any atom is 0.389 e. The van der Waals surface area contributed by atoms with Crippen molar-refractivity contribution in [3.05, 3.63) is 53.0 Å². The van der Waals surface area contributed by atoms with Gasteiger partial charge in [0.2, 0.25) is 5.91 Å². The largest absolute Gasteiger partial charge is 0.389 e. The minimum Gasteiger partial charge on any atom is -0.348 e. The summed E-state index contributed by atoms with van der Waals surface area (Å²) in [5, 5.41) is 5.46. The van der Waals surface area contributed by atoms with Gasteiger partial charge in [-0.15, -0.1) is 0 Å². The van der Waals surface area contributed by atoms with Gasteiger partial charge in [-0.2, -0.15) is 13.2 Å². The van der Waals surface area contributed by atoms with Crippen LogP contribution in [-0.4, -0.2) is 28.0 Å². The van der Waals surface area contributed by atoms with Gasteiger partial charge in [-0.1, -0.05) is 6.07 Å². The number of nitrogens with one attached hydrogen (secondary N) is 2. The monoisotopic (exact) mass is 406 g/mol. The molecule has 1 aliphatic rings. The maximum absolute atomic E-state index is 12.4. The van der Waals surface area contributed by atoms with Gasteiger partial charge in [0.25, 0.3) is 5.91 Å². The van der Waals surface area contributed by atoms with Crippen molar-refractivity contribution in [3.63, 3.8) is 0 Å². The summed E-state index contributed by atoms with van der Waals surface area (Å²) in [4.78, 5) is 32.6. The van der Waals surface area contributed by atoms with Gasteiger partial charge < -0.3 is 10.6 Å². The van der Waals surface area contributed by atoms with Gasteiger partial charge in [0.15, 0.2) is 0 Å². The fourth-order valence-electron chi connectivity index (χ4n) is 2.70. The Bertz CT molecular complexity index is 894. The molecule has 6 nitrogen and oxygen atoms in total. The van der Waals surface area contributed by atoms with Crippen molar-refractivity contribution >= 4 is 17.6 Å². The molecule has 9 heteroatoms. The fourth-order valence-corrected chi connectivity index (χ4v) is 2.70. The smallest absolute Gasteiger partial charge is 0.348 e. The molecular weight excluding hydrogens is 385 g/mol. The molecule has 0 aromatic carbocycles. The lowest BCUT2D eigenvalue weighted by atomic mass is 10.1. The third kappa shape index (κ3) is 6.55. The first-order chi connectivity index (χ1) is 13.7. The van der Waals surface area contributed by atoms with Crippen molar-refractivity contribution in [2.24, 2.45) is 5.92 Å². The molecule has 1 fully saturated rings. The summed E-state index contributed by atoms with van der Waals surface area (Å²) in [7, 11) is 0. The summed E-state index contributed by atoms with van der Waals surface area (Å²) in [5.41, 5.74) is 1.97. The molecule has 2 aromatic rings. The second-order valence-corrected chi connectivity index (χ2v) is 7.10. The number of halogens is 3. The average molecular weight is 406 g/mol. The van der Waals surface area contributed by atoms with Crippen LogP contribution < -0.4 is 10.6 Å². The van der Waals surface area contributed by atoms with Crippen LogP contribution in [0.15, 0.2) is 30.5 Å². The number of aryl methyl sites for hydroxylation is 2. The van der Waals surface area contributed by atoms with Crippen LogP contribution in [0.5, 0.6) is 0 Å². The highest BCUT2D eigenvalue weighted by Crippen LogP contribution is 2.30. The topological polar surface area (TPSA) is 84.0 Å². The SMILES string of the molecule is Cc1cc(C(=O)NCc2ccc(CCC(F)(F)F)nc2)cc(NC(=O)C2CC2)n1. The number of carbonyl (C=O) groups excluding carboxylic acids is 2. The van der Waals surface area contributed by atoms with Crippen molar-refractivity contribution in [2.45, 2.75) is 45.3 Å². The highest BCUT2D eigenvalue weighted by atomic mass is 19.4. The Labute approximate surface area is 165 Å². The molecule has 2 N–H and O–H groups in total. The molecule has 2 aromatic heterocycles. The molecule has 2 amide bonds. The normalized spacial score (nSPS) is 13.8. The molecule has 154 valence electrons. The number of amides is 2. The predicted octanol–water partition coefficient (Wildman–Crippen LogP) is 3.56. The first-order valence-corrected chi connectivity index (χ1v) is 9.28. The zero-order valence-electron chi connectivity index (χ0n) is 15.8. The lowest BCUT2D eigenvalue weighted by Crippen LogP contribution is -2.24. The van der Waals surface area contributed by atoms with Crippen LogP contribution in [0.25, 0.3) is 0 Å². The highest BCUT2D eigenvalue weighted by molar-refractivity contribution is 5.97. The number of hydrogen-bond donors (Lipinski definition) is 2. The lowest BCUT2D eigenvalue weighted by molar-refractivity contribution is -0.134. The van der Waals surface area contributed by atoms with Crippen molar-refractivity contribution in [3.8, 4) is 0 Å². The van der Waals surface area contributed by atoms with E-state index in [9.17, 15) is 22.8 Å². The van der Waals surface area contributed by atoms with Crippen LogP contribution in [0, 0.1) is 12.8 Å². The Morgan fingerprint density at radius 2 is 1.97 bits per heavy atom. The van der Waals surface area contributed by atoms with E-state index in [4.69, 9.17) is 0 Å². The summed E-state index contributed by atoms with van der Waals surface area (Å²) in [6, 6.07) is 6.29. The molecule has 0 spiro atoms. The van der Waals surface area contributed by atoms with E-state index < -0.39 is 12.6 Å². The van der Waals surface area contributed by atoms with Crippen LogP contribution >= 0.6 is 0 Å². The third-order valence-corrected chi connectivity index (χ3v) is 4.42. The maximum atomic E-state index is 12.4. The zero-order chi connectivity index (χ0) is 21.0. The highest BCUT2D eigenvalue weighted by Gasteiger charge is 2.30. The Kier molecular flexibility index (Phi) is 6.14. The van der Waals surface area contributed by atoms with E-state index >= 15 is 0 Å². The molecule has 0 unspecified atom stereocenters. The summed E-state index contributed by atoms with van der Waals surface area (Å²) >= 11 is 0. The van der Waals surface area contributed by atoms with Gasteiger partial charge in [0.1, 0.15) is 5.82 Å². The molecule has 0 atom stereocenters. The first-order valence-electron chi connectivity index (χ1n) is 9.28. The van der Waals surface area contributed by atoms with Crippen molar-refractivity contribution in [1.82, 2.24) is 15.3 Å². The fraction of sp³-hybridized carbons (Fsp3) is 0.400. The predicted molar refractivity (Wildman–Crippen MR) is 100 cm³/mol. The van der Waals surface area contributed by atoms with Crippen LogP contribution in [-0.2, 0) is 17.8 Å². The van der Waals surface area contributed by atoms with E-state index in [-0.39, 0.29) is 30.7 Å². The molecule has 0 saturated heterocycles. The molecule has 0 bridgehead atoms. The van der Waals surface area contributed by atoms with Crippen LogP contribution in [0.4, 0.5) is 19.0 Å².